The minimum Gasteiger partial charge on any atom is -0.423 e. The predicted octanol–water partition coefficient (Wildman–Crippen LogP) is 2.26. The Kier molecular flexibility index (Phi) is 4.47. The molecule has 1 rings (SSSR count). The molecule has 6 heteroatoms. The number of oxime groups is 1. The van der Waals surface area contributed by atoms with E-state index in [9.17, 15) is 9.18 Å². The van der Waals surface area contributed by atoms with Crippen LogP contribution in [0, 0.1) is 11.2 Å². The summed E-state index contributed by atoms with van der Waals surface area (Å²) < 4.78 is 18.6. The van der Waals surface area contributed by atoms with Crippen molar-refractivity contribution in [3.63, 3.8) is 0 Å². The van der Waals surface area contributed by atoms with Crippen molar-refractivity contribution in [3.05, 3.63) is 29.6 Å². The van der Waals surface area contributed by atoms with Gasteiger partial charge in [-0.05, 0) is 23.6 Å². The molecule has 3 N–H and O–H groups in total. The van der Waals surface area contributed by atoms with Crippen LogP contribution in [0.3, 0.4) is 0 Å². The first-order chi connectivity index (χ1) is 8.73. The van der Waals surface area contributed by atoms with Gasteiger partial charge in [0, 0.05) is 5.56 Å². The van der Waals surface area contributed by atoms with Crippen molar-refractivity contribution in [2.24, 2.45) is 16.3 Å². The van der Waals surface area contributed by atoms with Crippen molar-refractivity contribution >= 4 is 11.8 Å². The van der Waals surface area contributed by atoms with Gasteiger partial charge in [-0.15, -0.1) is 0 Å². The van der Waals surface area contributed by atoms with E-state index < -0.39 is 11.8 Å². The summed E-state index contributed by atoms with van der Waals surface area (Å²) in [5.74, 6) is -1.65. The van der Waals surface area contributed by atoms with Crippen molar-refractivity contribution in [1.29, 1.82) is 0 Å². The van der Waals surface area contributed by atoms with Gasteiger partial charge in [0.15, 0.2) is 17.4 Å². The summed E-state index contributed by atoms with van der Waals surface area (Å²) in [6.45, 7) is 5.64. The molecule has 0 bridgehead atoms. The monoisotopic (exact) mass is 268 g/mol. The number of ether oxygens (including phenoxy) is 1. The first-order valence-electron chi connectivity index (χ1n) is 5.71. The van der Waals surface area contributed by atoms with E-state index >= 15 is 0 Å². The molecular formula is C13H17FN2O3. The van der Waals surface area contributed by atoms with E-state index in [0.29, 0.717) is 0 Å². The third-order valence-electron chi connectivity index (χ3n) is 2.23. The first-order valence-corrected chi connectivity index (χ1v) is 5.71. The lowest BCUT2D eigenvalue weighted by atomic mass is 9.92. The summed E-state index contributed by atoms with van der Waals surface area (Å²) in [7, 11) is 0. The maximum absolute atomic E-state index is 13.7. The van der Waals surface area contributed by atoms with E-state index in [1.807, 2.05) is 20.8 Å². The van der Waals surface area contributed by atoms with Crippen LogP contribution in [0.5, 0.6) is 5.75 Å². The Morgan fingerprint density at radius 2 is 2.11 bits per heavy atom. The van der Waals surface area contributed by atoms with Gasteiger partial charge in [0.2, 0.25) is 0 Å². The fraction of sp³-hybridized carbons (Fsp3) is 0.385. The van der Waals surface area contributed by atoms with E-state index in [1.165, 1.54) is 12.1 Å². The first kappa shape index (κ1) is 14.9. The molecule has 0 radical (unpaired) electrons. The van der Waals surface area contributed by atoms with Gasteiger partial charge in [-0.25, -0.2) is 4.39 Å². The van der Waals surface area contributed by atoms with Gasteiger partial charge < -0.3 is 15.7 Å². The number of carbonyl (C=O) groups is 1. The molecular weight excluding hydrogens is 251 g/mol. The highest BCUT2D eigenvalue weighted by Gasteiger charge is 2.19. The molecule has 0 saturated heterocycles. The summed E-state index contributed by atoms with van der Waals surface area (Å²) >= 11 is 0. The molecule has 19 heavy (non-hydrogen) atoms. The second-order valence-corrected chi connectivity index (χ2v) is 5.34. The van der Waals surface area contributed by atoms with Gasteiger partial charge in [-0.1, -0.05) is 25.9 Å². The number of nitrogens with zero attached hydrogens (tertiary/aromatic N) is 1. The SMILES string of the molecule is CC(C)(C)CC(=O)Oc1ccc(C(N)=NO)cc1F. The minimum absolute atomic E-state index is 0.175. The van der Waals surface area contributed by atoms with Gasteiger partial charge in [0.25, 0.3) is 0 Å². The molecule has 1 aromatic rings. The summed E-state index contributed by atoms with van der Waals surface area (Å²) in [6, 6.07) is 3.70. The number of nitrogens with two attached hydrogens (primary N) is 1. The lowest BCUT2D eigenvalue weighted by Gasteiger charge is -2.16. The zero-order valence-electron chi connectivity index (χ0n) is 11.1. The van der Waals surface area contributed by atoms with E-state index in [-0.39, 0.29) is 29.0 Å². The molecule has 0 aliphatic carbocycles. The summed E-state index contributed by atoms with van der Waals surface area (Å²) in [5, 5.41) is 11.2. The Bertz CT molecular complexity index is 507. The van der Waals surface area contributed by atoms with Crippen molar-refractivity contribution in [3.8, 4) is 5.75 Å². The second kappa shape index (κ2) is 5.69. The Balaban J connectivity index is 2.84. The molecule has 104 valence electrons. The van der Waals surface area contributed by atoms with Gasteiger partial charge in [-0.3, -0.25) is 4.79 Å². The zero-order chi connectivity index (χ0) is 14.6. The lowest BCUT2D eigenvalue weighted by molar-refractivity contribution is -0.136. The quantitative estimate of drug-likeness (QED) is 0.220. The summed E-state index contributed by atoms with van der Waals surface area (Å²) in [6.07, 6.45) is 0.175. The average molecular weight is 268 g/mol. The van der Waals surface area contributed by atoms with E-state index in [4.69, 9.17) is 15.7 Å². The average Bonchev–Trinajstić information content (AvgIpc) is 2.28. The van der Waals surface area contributed by atoms with Crippen LogP contribution in [0.2, 0.25) is 0 Å². The molecule has 0 aromatic heterocycles. The van der Waals surface area contributed by atoms with Crippen LogP contribution in [0.1, 0.15) is 32.8 Å². The lowest BCUT2D eigenvalue weighted by Crippen LogP contribution is -2.18. The number of hydrogen-bond acceptors (Lipinski definition) is 4. The Morgan fingerprint density at radius 1 is 1.47 bits per heavy atom. The molecule has 0 atom stereocenters. The number of amidine groups is 1. The van der Waals surface area contributed by atoms with Crippen molar-refractivity contribution in [2.45, 2.75) is 27.2 Å². The van der Waals surface area contributed by atoms with Crippen molar-refractivity contribution in [1.82, 2.24) is 0 Å². The fourth-order valence-corrected chi connectivity index (χ4v) is 1.39. The van der Waals surface area contributed by atoms with Crippen molar-refractivity contribution in [2.75, 3.05) is 0 Å². The van der Waals surface area contributed by atoms with Crippen LogP contribution >= 0.6 is 0 Å². The molecule has 0 amide bonds. The number of rotatable bonds is 3. The van der Waals surface area contributed by atoms with E-state index in [0.717, 1.165) is 6.07 Å². The summed E-state index contributed by atoms with van der Waals surface area (Å²) in [5.41, 5.74) is 5.29. The number of hydrogen-bond donors (Lipinski definition) is 2. The van der Waals surface area contributed by atoms with Crippen LogP contribution in [-0.4, -0.2) is 17.0 Å². The number of benzene rings is 1. The topological polar surface area (TPSA) is 84.9 Å². The number of halogens is 1. The smallest absolute Gasteiger partial charge is 0.311 e. The minimum atomic E-state index is -0.744. The molecule has 0 saturated carbocycles. The largest absolute Gasteiger partial charge is 0.423 e. The highest BCUT2D eigenvalue weighted by atomic mass is 19.1. The van der Waals surface area contributed by atoms with Crippen LogP contribution in [-0.2, 0) is 4.79 Å². The van der Waals surface area contributed by atoms with Gasteiger partial charge in [0.1, 0.15) is 0 Å². The fourth-order valence-electron chi connectivity index (χ4n) is 1.39. The molecule has 0 heterocycles. The Morgan fingerprint density at radius 3 is 2.58 bits per heavy atom. The molecule has 0 spiro atoms. The number of carbonyl (C=O) groups excluding carboxylic acids is 1. The third-order valence-corrected chi connectivity index (χ3v) is 2.23. The normalized spacial score (nSPS) is 12.3. The maximum atomic E-state index is 13.7. The molecule has 5 nitrogen and oxygen atoms in total. The van der Waals surface area contributed by atoms with Crippen LogP contribution in [0.25, 0.3) is 0 Å². The van der Waals surface area contributed by atoms with E-state index in [1.54, 1.807) is 0 Å². The Labute approximate surface area is 110 Å². The molecule has 0 aliphatic heterocycles. The molecule has 0 fully saturated rings. The van der Waals surface area contributed by atoms with Crippen LogP contribution < -0.4 is 10.5 Å². The molecule has 1 aromatic carbocycles. The van der Waals surface area contributed by atoms with Gasteiger partial charge >= 0.3 is 5.97 Å². The maximum Gasteiger partial charge on any atom is 0.311 e. The van der Waals surface area contributed by atoms with Crippen molar-refractivity contribution < 1.29 is 19.1 Å². The Hall–Kier alpha value is -2.11. The third kappa shape index (κ3) is 4.57. The van der Waals surface area contributed by atoms with Crippen LogP contribution in [0.4, 0.5) is 4.39 Å². The highest BCUT2D eigenvalue weighted by Crippen LogP contribution is 2.23. The number of esters is 1. The molecule has 0 unspecified atom stereocenters. The van der Waals surface area contributed by atoms with Gasteiger partial charge in [-0.2, -0.15) is 0 Å². The van der Waals surface area contributed by atoms with E-state index in [2.05, 4.69) is 5.16 Å². The van der Waals surface area contributed by atoms with Crippen LogP contribution in [0.15, 0.2) is 23.4 Å². The highest BCUT2D eigenvalue weighted by molar-refractivity contribution is 5.97. The molecule has 0 aliphatic rings. The predicted molar refractivity (Wildman–Crippen MR) is 68.6 cm³/mol. The standard InChI is InChI=1S/C13H17FN2O3/c1-13(2,3)7-11(17)19-10-5-4-8(6-9(10)14)12(15)16-18/h4-6,18H,7H2,1-3H3,(H2,15,16). The second-order valence-electron chi connectivity index (χ2n) is 5.34. The van der Waals surface area contributed by atoms with Gasteiger partial charge in [0.05, 0.1) is 6.42 Å². The summed E-state index contributed by atoms with van der Waals surface area (Å²) in [4.78, 5) is 11.6. The zero-order valence-corrected chi connectivity index (χ0v) is 11.1.